The monoisotopic (exact) mass is 387 g/mol. The number of benzene rings is 2. The number of morpholine rings is 1. The van der Waals surface area contributed by atoms with Crippen LogP contribution in [0.1, 0.15) is 17.5 Å². The second-order valence-corrected chi connectivity index (χ2v) is 7.11. The molecule has 4 rings (SSSR count). The Kier molecular flexibility index (Phi) is 5.14. The van der Waals surface area contributed by atoms with Gasteiger partial charge in [-0.15, -0.1) is 0 Å². The lowest BCUT2D eigenvalue weighted by molar-refractivity contribution is -0.0342. The minimum Gasteiger partial charge on any atom is -0.445 e. The van der Waals surface area contributed by atoms with Crippen LogP contribution in [0.15, 0.2) is 54.6 Å². The summed E-state index contributed by atoms with van der Waals surface area (Å²) in [4.78, 5) is 14.4. The smallest absolute Gasteiger partial charge is 0.411 e. The summed E-state index contributed by atoms with van der Waals surface area (Å²) in [6.07, 6.45) is 1.95. The third-order valence-electron chi connectivity index (χ3n) is 4.90. The maximum atomic E-state index is 14.3. The molecule has 0 aliphatic carbocycles. The van der Waals surface area contributed by atoms with E-state index in [9.17, 15) is 9.18 Å². The van der Waals surface area contributed by atoms with Crippen LogP contribution in [-0.4, -0.2) is 36.3 Å². The van der Waals surface area contributed by atoms with E-state index in [0.717, 1.165) is 11.1 Å². The third kappa shape index (κ3) is 3.70. The number of fused-ring (bicyclic) bond motifs is 2. The van der Waals surface area contributed by atoms with Gasteiger partial charge in [-0.3, -0.25) is 4.90 Å². The van der Waals surface area contributed by atoms with Crippen molar-refractivity contribution in [2.75, 3.05) is 13.2 Å². The van der Waals surface area contributed by atoms with Crippen molar-refractivity contribution in [2.45, 2.75) is 25.1 Å². The Morgan fingerprint density at radius 3 is 2.74 bits per heavy atom. The van der Waals surface area contributed by atoms with Crippen LogP contribution < -0.4 is 0 Å². The molecule has 4 nitrogen and oxygen atoms in total. The average Bonchev–Trinajstić information content (AvgIpc) is 2.66. The zero-order chi connectivity index (χ0) is 18.8. The number of hydrogen-bond acceptors (Lipinski definition) is 3. The summed E-state index contributed by atoms with van der Waals surface area (Å²) >= 11 is 6.22. The lowest BCUT2D eigenvalue weighted by atomic mass is 9.90. The number of nitrogens with zero attached hydrogens (tertiary/aromatic N) is 1. The molecule has 0 radical (unpaired) electrons. The van der Waals surface area contributed by atoms with E-state index in [2.05, 4.69) is 0 Å². The van der Waals surface area contributed by atoms with Gasteiger partial charge in [0.25, 0.3) is 0 Å². The fourth-order valence-corrected chi connectivity index (χ4v) is 3.95. The van der Waals surface area contributed by atoms with Crippen molar-refractivity contribution in [1.82, 2.24) is 4.90 Å². The zero-order valence-electron chi connectivity index (χ0n) is 14.6. The first kappa shape index (κ1) is 18.0. The van der Waals surface area contributed by atoms with Gasteiger partial charge in [-0.05, 0) is 29.7 Å². The van der Waals surface area contributed by atoms with Gasteiger partial charge in [-0.1, -0.05) is 54.1 Å². The van der Waals surface area contributed by atoms with Gasteiger partial charge in [0.15, 0.2) is 0 Å². The van der Waals surface area contributed by atoms with Crippen LogP contribution in [0.3, 0.4) is 0 Å². The SMILES string of the molecule is O=C(OCc1ccccc1)N1C2C=C(c3c(F)cccc3Cl)CC1COC2. The van der Waals surface area contributed by atoms with E-state index in [-0.39, 0.29) is 30.6 Å². The van der Waals surface area contributed by atoms with Gasteiger partial charge >= 0.3 is 6.09 Å². The summed E-state index contributed by atoms with van der Waals surface area (Å²) < 4.78 is 25.4. The fourth-order valence-electron chi connectivity index (χ4n) is 3.66. The van der Waals surface area contributed by atoms with Gasteiger partial charge in [0, 0.05) is 5.56 Å². The standard InChI is InChI=1S/C21H19ClFNO3/c22-18-7-4-8-19(23)20(18)15-9-16-12-26-13-17(10-15)24(16)21(25)27-11-14-5-2-1-3-6-14/h1-9,16-17H,10-13H2. The van der Waals surface area contributed by atoms with Crippen LogP contribution in [0.2, 0.25) is 5.02 Å². The highest BCUT2D eigenvalue weighted by Gasteiger charge is 2.39. The van der Waals surface area contributed by atoms with Crippen molar-refractivity contribution in [3.63, 3.8) is 0 Å². The molecule has 2 aromatic carbocycles. The molecule has 6 heteroatoms. The highest BCUT2D eigenvalue weighted by Crippen LogP contribution is 2.37. The second kappa shape index (κ2) is 7.71. The Bertz CT molecular complexity index is 851. The quantitative estimate of drug-likeness (QED) is 0.768. The summed E-state index contributed by atoms with van der Waals surface area (Å²) in [6, 6.07) is 13.7. The van der Waals surface area contributed by atoms with E-state index in [1.165, 1.54) is 6.07 Å². The molecule has 2 atom stereocenters. The van der Waals surface area contributed by atoms with Crippen molar-refractivity contribution in [3.8, 4) is 0 Å². The van der Waals surface area contributed by atoms with Gasteiger partial charge in [-0.25, -0.2) is 9.18 Å². The number of carbonyl (C=O) groups is 1. The first-order chi connectivity index (χ1) is 13.1. The normalized spacial score (nSPS) is 21.6. The summed E-state index contributed by atoms with van der Waals surface area (Å²) in [5, 5.41) is 0.375. The molecule has 0 spiro atoms. The number of hydrogen-bond donors (Lipinski definition) is 0. The van der Waals surface area contributed by atoms with E-state index < -0.39 is 0 Å². The minimum atomic E-state index is -0.382. The van der Waals surface area contributed by atoms with Crippen molar-refractivity contribution >= 4 is 23.3 Å². The number of carbonyl (C=O) groups excluding carboxylic acids is 1. The molecule has 2 aromatic rings. The molecule has 2 bridgehead atoms. The Labute approximate surface area is 162 Å². The Morgan fingerprint density at radius 2 is 2.00 bits per heavy atom. The molecule has 2 aliphatic rings. The van der Waals surface area contributed by atoms with E-state index in [0.29, 0.717) is 30.2 Å². The summed E-state index contributed by atoms with van der Waals surface area (Å²) in [7, 11) is 0. The van der Waals surface area contributed by atoms with Crippen LogP contribution in [0.25, 0.3) is 5.57 Å². The highest BCUT2D eigenvalue weighted by molar-refractivity contribution is 6.32. The first-order valence-corrected chi connectivity index (χ1v) is 9.23. The predicted octanol–water partition coefficient (Wildman–Crippen LogP) is 4.67. The number of rotatable bonds is 3. The molecule has 1 fully saturated rings. The Morgan fingerprint density at radius 1 is 1.19 bits per heavy atom. The molecule has 0 N–H and O–H groups in total. The lowest BCUT2D eigenvalue weighted by Gasteiger charge is -2.43. The summed E-state index contributed by atoms with van der Waals surface area (Å²) in [6.45, 7) is 0.957. The van der Waals surface area contributed by atoms with Crippen LogP contribution in [-0.2, 0) is 16.1 Å². The van der Waals surface area contributed by atoms with Crippen LogP contribution in [0.5, 0.6) is 0 Å². The molecular weight excluding hydrogens is 369 g/mol. The van der Waals surface area contributed by atoms with E-state index in [4.69, 9.17) is 21.1 Å². The zero-order valence-corrected chi connectivity index (χ0v) is 15.4. The molecule has 1 saturated heterocycles. The van der Waals surface area contributed by atoms with E-state index >= 15 is 0 Å². The third-order valence-corrected chi connectivity index (χ3v) is 5.21. The van der Waals surface area contributed by atoms with Crippen molar-refractivity contribution < 1.29 is 18.7 Å². The van der Waals surface area contributed by atoms with Gasteiger partial charge < -0.3 is 9.47 Å². The maximum Gasteiger partial charge on any atom is 0.411 e. The molecular formula is C21H19ClFNO3. The van der Waals surface area contributed by atoms with Crippen LogP contribution in [0.4, 0.5) is 9.18 Å². The van der Waals surface area contributed by atoms with Crippen LogP contribution in [0, 0.1) is 5.82 Å². The van der Waals surface area contributed by atoms with Gasteiger partial charge in [-0.2, -0.15) is 0 Å². The van der Waals surface area contributed by atoms with E-state index in [1.54, 1.807) is 17.0 Å². The first-order valence-electron chi connectivity index (χ1n) is 8.85. The average molecular weight is 388 g/mol. The topological polar surface area (TPSA) is 38.8 Å². The number of halogens is 2. The Balaban J connectivity index is 1.54. The molecule has 2 heterocycles. The summed E-state index contributed by atoms with van der Waals surface area (Å²) in [5.41, 5.74) is 2.15. The Hall–Kier alpha value is -2.37. The molecule has 2 unspecified atom stereocenters. The summed E-state index contributed by atoms with van der Waals surface area (Å²) in [5.74, 6) is -0.354. The van der Waals surface area contributed by atoms with Crippen molar-refractivity contribution in [2.24, 2.45) is 0 Å². The molecule has 140 valence electrons. The minimum absolute atomic E-state index is 0.206. The van der Waals surface area contributed by atoms with Gasteiger partial charge in [0.2, 0.25) is 0 Å². The molecule has 2 aliphatic heterocycles. The molecule has 0 aromatic heterocycles. The van der Waals surface area contributed by atoms with Crippen LogP contribution >= 0.6 is 11.6 Å². The van der Waals surface area contributed by atoms with Gasteiger partial charge in [0.1, 0.15) is 12.4 Å². The largest absolute Gasteiger partial charge is 0.445 e. The van der Waals surface area contributed by atoms with E-state index in [1.807, 2.05) is 36.4 Å². The lowest BCUT2D eigenvalue weighted by Crippen LogP contribution is -2.56. The second-order valence-electron chi connectivity index (χ2n) is 6.70. The predicted molar refractivity (Wildman–Crippen MR) is 101 cm³/mol. The highest BCUT2D eigenvalue weighted by atomic mass is 35.5. The fraction of sp³-hybridized carbons (Fsp3) is 0.286. The van der Waals surface area contributed by atoms with Gasteiger partial charge in [0.05, 0.1) is 30.3 Å². The number of amides is 1. The molecule has 27 heavy (non-hydrogen) atoms. The molecule has 0 saturated carbocycles. The molecule has 1 amide bonds. The maximum absolute atomic E-state index is 14.3. The number of ether oxygens (including phenoxy) is 2. The van der Waals surface area contributed by atoms with Crippen molar-refractivity contribution in [3.05, 3.63) is 76.6 Å². The van der Waals surface area contributed by atoms with Crippen molar-refractivity contribution in [1.29, 1.82) is 0 Å².